The molecular formula is C30H46N2O10. The molecule has 0 aromatic heterocycles. The average molecular weight is 595 g/mol. The number of esters is 1. The van der Waals surface area contributed by atoms with Crippen LogP contribution in [0.15, 0.2) is 30.4 Å². The van der Waals surface area contributed by atoms with Crippen molar-refractivity contribution in [2.75, 3.05) is 13.1 Å². The number of carboxylic acid groups (broad SMARTS) is 1. The number of nitrogens with zero attached hydrogens (tertiary/aromatic N) is 1. The number of aliphatic hydroxyl groups is 1. The third kappa shape index (κ3) is 14.9. The fourth-order valence-electron chi connectivity index (χ4n) is 3.75. The van der Waals surface area contributed by atoms with Gasteiger partial charge >= 0.3 is 5.97 Å². The summed E-state index contributed by atoms with van der Waals surface area (Å²) >= 11 is 0. The van der Waals surface area contributed by atoms with Crippen LogP contribution in [0.5, 0.6) is 5.75 Å². The van der Waals surface area contributed by atoms with Crippen molar-refractivity contribution < 1.29 is 48.4 Å². The summed E-state index contributed by atoms with van der Waals surface area (Å²) in [4.78, 5) is 52.2. The Labute approximate surface area is 247 Å². The van der Waals surface area contributed by atoms with Gasteiger partial charge < -0.3 is 35.0 Å². The van der Waals surface area contributed by atoms with Crippen molar-refractivity contribution in [3.05, 3.63) is 41.5 Å². The first-order valence-corrected chi connectivity index (χ1v) is 14.1. The van der Waals surface area contributed by atoms with Gasteiger partial charge in [0.1, 0.15) is 18.6 Å². The Bertz CT molecular complexity index is 984. The maximum atomic E-state index is 11.8. The van der Waals surface area contributed by atoms with E-state index < -0.39 is 24.2 Å². The third-order valence-electron chi connectivity index (χ3n) is 5.76. The van der Waals surface area contributed by atoms with Crippen LogP contribution in [0, 0.1) is 5.92 Å². The lowest BCUT2D eigenvalue weighted by molar-refractivity contribution is -0.170. The molecular weight excluding hydrogens is 548 g/mol. The number of hydrogen-bond acceptors (Lipinski definition) is 10. The molecule has 3 rings (SSSR count). The van der Waals surface area contributed by atoms with Gasteiger partial charge in [0.25, 0.3) is 18.3 Å². The van der Waals surface area contributed by atoms with Crippen LogP contribution < -0.4 is 10.5 Å². The number of carbonyl (C=O) groups is 5. The molecule has 3 atom stereocenters. The summed E-state index contributed by atoms with van der Waals surface area (Å²) in [6, 6.07) is 5.94. The number of carbonyl (C=O) groups excluding carboxylic acids is 4. The summed E-state index contributed by atoms with van der Waals surface area (Å²) in [5, 5.41) is 16.9. The molecule has 42 heavy (non-hydrogen) atoms. The van der Waals surface area contributed by atoms with E-state index in [0.29, 0.717) is 31.4 Å². The summed E-state index contributed by atoms with van der Waals surface area (Å²) in [6.45, 7) is 9.97. The first kappa shape index (κ1) is 38.4. The van der Waals surface area contributed by atoms with Gasteiger partial charge in [-0.3, -0.25) is 24.1 Å². The molecule has 12 heteroatoms. The van der Waals surface area contributed by atoms with Crippen molar-refractivity contribution >= 4 is 30.5 Å². The van der Waals surface area contributed by atoms with Crippen molar-refractivity contribution in [2.24, 2.45) is 11.7 Å². The second-order valence-electron chi connectivity index (χ2n) is 9.46. The fourth-order valence-corrected chi connectivity index (χ4v) is 3.75. The number of aryl methyl sites for hydroxylation is 1. The zero-order valence-electron chi connectivity index (χ0n) is 25.2. The smallest absolute Gasteiger partial charge is 0.308 e. The minimum atomic E-state index is -0.511. The van der Waals surface area contributed by atoms with Crippen LogP contribution in [0.2, 0.25) is 0 Å². The zero-order chi connectivity index (χ0) is 32.1. The minimum absolute atomic E-state index is 0.0614. The molecule has 12 nitrogen and oxygen atoms in total. The van der Waals surface area contributed by atoms with Crippen LogP contribution in [-0.4, -0.2) is 77.2 Å². The lowest BCUT2D eigenvalue weighted by atomic mass is 10.0. The van der Waals surface area contributed by atoms with Crippen LogP contribution in [0.1, 0.15) is 71.4 Å². The van der Waals surface area contributed by atoms with E-state index in [2.05, 4.69) is 0 Å². The van der Waals surface area contributed by atoms with E-state index in [9.17, 15) is 24.3 Å². The van der Waals surface area contributed by atoms with E-state index in [1.54, 1.807) is 13.8 Å². The molecule has 2 amide bonds. The molecule has 1 saturated heterocycles. The van der Waals surface area contributed by atoms with Crippen LogP contribution in [0.3, 0.4) is 0 Å². The minimum Gasteiger partial charge on any atom is -0.483 e. The molecule has 2 aliphatic rings. The first-order valence-electron chi connectivity index (χ1n) is 14.1. The van der Waals surface area contributed by atoms with Crippen molar-refractivity contribution in [3.63, 3.8) is 0 Å². The van der Waals surface area contributed by atoms with Crippen molar-refractivity contribution in [1.82, 2.24) is 4.90 Å². The number of rotatable bonds is 11. The maximum absolute atomic E-state index is 11.8. The van der Waals surface area contributed by atoms with Gasteiger partial charge in [-0.05, 0) is 50.8 Å². The summed E-state index contributed by atoms with van der Waals surface area (Å²) in [5.74, 6) is -0.620. The maximum Gasteiger partial charge on any atom is 0.308 e. The highest BCUT2D eigenvalue weighted by atomic mass is 16.7. The van der Waals surface area contributed by atoms with Gasteiger partial charge in [-0.1, -0.05) is 39.8 Å². The van der Waals surface area contributed by atoms with Gasteiger partial charge in [-0.2, -0.15) is 0 Å². The number of unbranched alkanes of at least 4 members (excludes halogenated alkanes) is 1. The number of aliphatic hydroxyl groups excluding tert-OH is 1. The molecule has 1 aromatic carbocycles. The Morgan fingerprint density at radius 3 is 2.29 bits per heavy atom. The second kappa shape index (κ2) is 22.0. The predicted molar refractivity (Wildman–Crippen MR) is 155 cm³/mol. The number of aldehydes is 1. The van der Waals surface area contributed by atoms with Gasteiger partial charge in [-0.25, -0.2) is 0 Å². The molecule has 0 bridgehead atoms. The van der Waals surface area contributed by atoms with Crippen LogP contribution in [0.4, 0.5) is 0 Å². The molecule has 2 heterocycles. The number of ether oxygens (including phenoxy) is 3. The second-order valence-corrected chi connectivity index (χ2v) is 9.46. The zero-order valence-corrected chi connectivity index (χ0v) is 25.2. The summed E-state index contributed by atoms with van der Waals surface area (Å²) in [6.07, 6.45) is 5.72. The molecule has 0 saturated carbocycles. The quantitative estimate of drug-likeness (QED) is 0.148. The van der Waals surface area contributed by atoms with Crippen LogP contribution in [-0.2, 0) is 46.5 Å². The third-order valence-corrected chi connectivity index (χ3v) is 5.76. The van der Waals surface area contributed by atoms with Gasteiger partial charge in [-0.15, -0.1) is 0 Å². The lowest BCUT2D eigenvalue weighted by Gasteiger charge is -2.32. The number of nitrogens with two attached hydrogens (primary N) is 1. The largest absolute Gasteiger partial charge is 0.483 e. The van der Waals surface area contributed by atoms with Gasteiger partial charge in [0, 0.05) is 24.1 Å². The van der Waals surface area contributed by atoms with E-state index in [-0.39, 0.29) is 37.6 Å². The van der Waals surface area contributed by atoms with Crippen molar-refractivity contribution in [2.45, 2.75) is 91.8 Å². The molecule has 1 aromatic rings. The van der Waals surface area contributed by atoms with E-state index >= 15 is 0 Å². The number of hydrogen-bond donors (Lipinski definition) is 3. The summed E-state index contributed by atoms with van der Waals surface area (Å²) < 4.78 is 17.3. The normalized spacial score (nSPS) is 19.0. The highest BCUT2D eigenvalue weighted by Gasteiger charge is 2.28. The molecule has 1 fully saturated rings. The highest BCUT2D eigenvalue weighted by Crippen LogP contribution is 2.28. The molecule has 2 aliphatic heterocycles. The molecule has 3 unspecified atom stereocenters. The standard InChI is InChI=1S/C21H33NO5.C6H5NO3.C2H6.CH2O2/c1-14(2)21(24)25-13-17-8-7-16(6-4-5-9-22)11-19(17)27-20-12-18(23)10-15(3)26-20;8-4-3-7-5(9)1-2-6(7)10;1-2;2-1-3/h7-8,11,14-15,18,20,23H,4-6,9-10,12-13,22H2,1-3H3;1-2,4H,3H2;1-2H3;1H,(H,2,3). The van der Waals surface area contributed by atoms with E-state index in [1.807, 2.05) is 39.0 Å². The monoisotopic (exact) mass is 594 g/mol. The molecule has 4 N–H and O–H groups in total. The summed E-state index contributed by atoms with van der Waals surface area (Å²) in [7, 11) is 0. The highest BCUT2D eigenvalue weighted by molar-refractivity contribution is 6.13. The topological polar surface area (TPSA) is 183 Å². The number of amides is 2. The number of imide groups is 1. The van der Waals surface area contributed by atoms with Crippen molar-refractivity contribution in [3.8, 4) is 5.75 Å². The van der Waals surface area contributed by atoms with Gasteiger partial charge in [0.2, 0.25) is 6.29 Å². The van der Waals surface area contributed by atoms with E-state index in [0.717, 1.165) is 47.4 Å². The Balaban J connectivity index is 0.000000925. The molecule has 0 spiro atoms. The Morgan fingerprint density at radius 2 is 1.76 bits per heavy atom. The van der Waals surface area contributed by atoms with Gasteiger partial charge in [0.05, 0.1) is 24.7 Å². The predicted octanol–water partition coefficient (Wildman–Crippen LogP) is 2.77. The SMILES string of the molecule is CC.CC1CC(O)CC(Oc2cc(CCCCN)ccc2COC(=O)C(C)C)O1.O=CCN1C(=O)C=CC1=O.O=CO. The Kier molecular flexibility index (Phi) is 20.2. The van der Waals surface area contributed by atoms with Crippen LogP contribution >= 0.6 is 0 Å². The summed E-state index contributed by atoms with van der Waals surface area (Å²) in [5.41, 5.74) is 7.51. The molecule has 236 valence electrons. The Hall–Kier alpha value is -3.61. The van der Waals surface area contributed by atoms with E-state index in [1.165, 1.54) is 0 Å². The van der Waals surface area contributed by atoms with Crippen LogP contribution in [0.25, 0.3) is 0 Å². The lowest BCUT2D eigenvalue weighted by Crippen LogP contribution is -2.37. The Morgan fingerprint density at radius 1 is 1.14 bits per heavy atom. The fraction of sp³-hybridized carbons (Fsp3) is 0.567. The van der Waals surface area contributed by atoms with Crippen molar-refractivity contribution in [1.29, 1.82) is 0 Å². The van der Waals surface area contributed by atoms with E-state index in [4.69, 9.17) is 29.8 Å². The molecule has 0 radical (unpaired) electrons. The van der Waals surface area contributed by atoms with Gasteiger partial charge in [0.15, 0.2) is 0 Å². The number of benzene rings is 1. The first-order chi connectivity index (χ1) is 20.1. The molecule has 0 aliphatic carbocycles. The average Bonchev–Trinajstić information content (AvgIpc) is 3.26.